The summed E-state index contributed by atoms with van der Waals surface area (Å²) in [6.07, 6.45) is -1.62. The lowest BCUT2D eigenvalue weighted by Gasteiger charge is -2.38. The molecule has 0 radical (unpaired) electrons. The number of aryl methyl sites for hydroxylation is 1. The molecule has 218 valence electrons. The Kier molecular flexibility index (Phi) is 11.9. The van der Waals surface area contributed by atoms with Gasteiger partial charge in [0, 0.05) is 6.54 Å². The molecule has 15 heteroatoms. The fourth-order valence-corrected chi connectivity index (χ4v) is 5.02. The van der Waals surface area contributed by atoms with Gasteiger partial charge in [0.15, 0.2) is 5.96 Å². The van der Waals surface area contributed by atoms with Crippen LogP contribution in [0.5, 0.6) is 0 Å². The molecule has 4 unspecified atom stereocenters. The lowest BCUT2D eigenvalue weighted by Crippen LogP contribution is -2.61. The van der Waals surface area contributed by atoms with E-state index >= 15 is 0 Å². The maximum atomic E-state index is 13.0. The van der Waals surface area contributed by atoms with Gasteiger partial charge in [0.05, 0.1) is 17.9 Å². The second-order valence-corrected chi connectivity index (χ2v) is 11.3. The summed E-state index contributed by atoms with van der Waals surface area (Å²) < 4.78 is 37.5. The van der Waals surface area contributed by atoms with Gasteiger partial charge < -0.3 is 35.8 Å². The van der Waals surface area contributed by atoms with Crippen LogP contribution in [0, 0.1) is 5.41 Å². The van der Waals surface area contributed by atoms with Gasteiger partial charge in [0.2, 0.25) is 21.8 Å². The number of carbonyl (C=O) groups excluding carboxylic acids is 3. The number of hydrogen-bond acceptors (Lipinski definition) is 9. The van der Waals surface area contributed by atoms with Crippen LogP contribution >= 0.6 is 0 Å². The molecule has 0 spiro atoms. The monoisotopic (exact) mass is 570 g/mol. The quantitative estimate of drug-likeness (QED) is 0.106. The van der Waals surface area contributed by atoms with Crippen molar-refractivity contribution in [3.05, 3.63) is 35.9 Å². The standard InChI is InChI=1S/C24H38N6O8S/c1-15(2)38-24(34)37-14-19(29-39(35,36)13-11-17-8-5-4-6-9-17)21(32)27-16(3)20(31)28-18-10-7-12-30(22(18)33)23(25)26/h4-6,8-9,15-16,18-19,22,29,33H,7,10-14H2,1-3H3,(H3,25,26)(H,27,32)(H,28,31). The largest absolute Gasteiger partial charge is 0.508 e. The van der Waals surface area contributed by atoms with Gasteiger partial charge in [-0.2, -0.15) is 4.72 Å². The predicted molar refractivity (Wildman–Crippen MR) is 142 cm³/mol. The maximum Gasteiger partial charge on any atom is 0.508 e. The molecule has 1 aliphatic heterocycles. The molecule has 4 atom stereocenters. The van der Waals surface area contributed by atoms with Gasteiger partial charge in [-0.25, -0.2) is 13.2 Å². The summed E-state index contributed by atoms with van der Waals surface area (Å²) in [5.74, 6) is -2.22. The zero-order valence-corrected chi connectivity index (χ0v) is 23.1. The molecule has 1 heterocycles. The number of rotatable bonds is 12. The molecule has 1 aromatic rings. The van der Waals surface area contributed by atoms with E-state index < -0.39 is 65.1 Å². The first-order chi connectivity index (χ1) is 18.3. The van der Waals surface area contributed by atoms with Gasteiger partial charge in [-0.1, -0.05) is 30.3 Å². The predicted octanol–water partition coefficient (Wildman–Crippen LogP) is -0.624. The number of likely N-dealkylation sites (tertiary alicyclic amines) is 1. The van der Waals surface area contributed by atoms with Crippen molar-refractivity contribution in [2.45, 2.75) is 70.5 Å². The summed E-state index contributed by atoms with van der Waals surface area (Å²) in [5, 5.41) is 23.0. The van der Waals surface area contributed by atoms with E-state index in [4.69, 9.17) is 20.6 Å². The Labute approximate surface area is 228 Å². The summed E-state index contributed by atoms with van der Waals surface area (Å²) >= 11 is 0. The normalized spacial score (nSPS) is 19.1. The van der Waals surface area contributed by atoms with Gasteiger partial charge in [-0.3, -0.25) is 15.0 Å². The molecular weight excluding hydrogens is 532 g/mol. The van der Waals surface area contributed by atoms with Crippen LogP contribution in [0.25, 0.3) is 0 Å². The Morgan fingerprint density at radius 2 is 1.85 bits per heavy atom. The van der Waals surface area contributed by atoms with E-state index in [0.29, 0.717) is 19.4 Å². The molecule has 0 aromatic heterocycles. The number of guanidine groups is 1. The lowest BCUT2D eigenvalue weighted by molar-refractivity contribution is -0.131. The molecule has 1 aliphatic rings. The second-order valence-electron chi connectivity index (χ2n) is 9.43. The molecule has 0 saturated carbocycles. The second kappa shape index (κ2) is 14.6. The topological polar surface area (TPSA) is 213 Å². The van der Waals surface area contributed by atoms with Gasteiger partial charge in [0.25, 0.3) is 0 Å². The van der Waals surface area contributed by atoms with Crippen molar-refractivity contribution in [3.63, 3.8) is 0 Å². The number of hydrogen-bond donors (Lipinski definition) is 6. The maximum absolute atomic E-state index is 13.0. The fraction of sp³-hybridized carbons (Fsp3) is 0.583. The summed E-state index contributed by atoms with van der Waals surface area (Å²) in [5.41, 5.74) is 6.25. The molecule has 2 amide bonds. The lowest BCUT2D eigenvalue weighted by atomic mass is 10.0. The number of benzene rings is 1. The number of amides is 2. The highest BCUT2D eigenvalue weighted by Crippen LogP contribution is 2.15. The van der Waals surface area contributed by atoms with Crippen LogP contribution < -0.4 is 21.1 Å². The Bertz CT molecular complexity index is 1100. The van der Waals surface area contributed by atoms with E-state index in [0.717, 1.165) is 5.56 Å². The number of aliphatic hydroxyl groups is 1. The molecule has 1 fully saturated rings. The Balaban J connectivity index is 2.04. The number of piperidine rings is 1. The van der Waals surface area contributed by atoms with Crippen molar-refractivity contribution in [1.82, 2.24) is 20.3 Å². The Hall–Kier alpha value is -3.43. The SMILES string of the molecule is CC(C)OC(=O)OCC(NS(=O)(=O)CCc1ccccc1)C(=O)NC(C)C(=O)NC1CCCN(C(=N)N)C1O. The molecule has 39 heavy (non-hydrogen) atoms. The average Bonchev–Trinajstić information content (AvgIpc) is 2.86. The number of carbonyl (C=O) groups is 3. The highest BCUT2D eigenvalue weighted by atomic mass is 32.2. The van der Waals surface area contributed by atoms with Crippen LogP contribution in [-0.4, -0.2) is 91.7 Å². The molecule has 0 bridgehead atoms. The number of sulfonamides is 1. The minimum absolute atomic E-state index is 0.181. The fourth-order valence-electron chi connectivity index (χ4n) is 3.79. The molecule has 2 rings (SSSR count). The minimum Gasteiger partial charge on any atom is -0.432 e. The van der Waals surface area contributed by atoms with Crippen LogP contribution in [0.3, 0.4) is 0 Å². The number of aliphatic hydroxyl groups excluding tert-OH is 1. The van der Waals surface area contributed by atoms with Crippen LogP contribution in [0.15, 0.2) is 30.3 Å². The first-order valence-corrected chi connectivity index (χ1v) is 14.2. The molecule has 14 nitrogen and oxygen atoms in total. The van der Waals surface area contributed by atoms with Gasteiger partial charge in [0.1, 0.15) is 24.9 Å². The number of nitrogens with two attached hydrogens (primary N) is 1. The summed E-state index contributed by atoms with van der Waals surface area (Å²) in [7, 11) is -4.01. The number of nitrogens with zero attached hydrogens (tertiary/aromatic N) is 1. The highest BCUT2D eigenvalue weighted by Gasteiger charge is 2.34. The van der Waals surface area contributed by atoms with E-state index in [2.05, 4.69) is 15.4 Å². The molecule has 7 N–H and O–H groups in total. The van der Waals surface area contributed by atoms with E-state index in [1.54, 1.807) is 44.2 Å². The number of ether oxygens (including phenoxy) is 2. The van der Waals surface area contributed by atoms with Crippen molar-refractivity contribution in [2.75, 3.05) is 18.9 Å². The van der Waals surface area contributed by atoms with Crippen LogP contribution in [0.4, 0.5) is 4.79 Å². The van der Waals surface area contributed by atoms with E-state index in [1.165, 1.54) is 11.8 Å². The first-order valence-electron chi connectivity index (χ1n) is 12.6. The van der Waals surface area contributed by atoms with Crippen molar-refractivity contribution in [2.24, 2.45) is 5.73 Å². The molecule has 0 aliphatic carbocycles. The third-order valence-electron chi connectivity index (χ3n) is 5.82. The van der Waals surface area contributed by atoms with Crippen molar-refractivity contribution in [3.8, 4) is 0 Å². The van der Waals surface area contributed by atoms with Crippen molar-refractivity contribution < 1.29 is 37.4 Å². The zero-order chi connectivity index (χ0) is 29.2. The highest BCUT2D eigenvalue weighted by molar-refractivity contribution is 7.89. The van der Waals surface area contributed by atoms with Gasteiger partial charge >= 0.3 is 6.16 Å². The van der Waals surface area contributed by atoms with Crippen molar-refractivity contribution in [1.29, 1.82) is 5.41 Å². The van der Waals surface area contributed by atoms with Crippen LogP contribution in [0.1, 0.15) is 39.2 Å². The first kappa shape index (κ1) is 31.8. The van der Waals surface area contributed by atoms with E-state index in [1.807, 2.05) is 0 Å². The summed E-state index contributed by atoms with van der Waals surface area (Å²) in [4.78, 5) is 38.8. The smallest absolute Gasteiger partial charge is 0.432 e. The van der Waals surface area contributed by atoms with Crippen molar-refractivity contribution >= 4 is 34.0 Å². The summed E-state index contributed by atoms with van der Waals surface area (Å²) in [6.45, 7) is 4.25. The van der Waals surface area contributed by atoms with Gasteiger partial charge in [-0.15, -0.1) is 0 Å². The van der Waals surface area contributed by atoms with E-state index in [-0.39, 0.29) is 18.1 Å². The average molecular weight is 571 g/mol. The van der Waals surface area contributed by atoms with E-state index in [9.17, 15) is 27.9 Å². The third kappa shape index (κ3) is 10.7. The molecular formula is C24H38N6O8S. The number of nitrogens with one attached hydrogen (secondary N) is 4. The van der Waals surface area contributed by atoms with Crippen LogP contribution in [-0.2, 0) is 35.5 Å². The minimum atomic E-state index is -4.01. The summed E-state index contributed by atoms with van der Waals surface area (Å²) in [6, 6.07) is 5.46. The third-order valence-corrected chi connectivity index (χ3v) is 7.21. The zero-order valence-electron chi connectivity index (χ0n) is 22.3. The molecule has 1 aromatic carbocycles. The Morgan fingerprint density at radius 3 is 2.46 bits per heavy atom. The Morgan fingerprint density at radius 1 is 1.18 bits per heavy atom. The molecule has 1 saturated heterocycles. The van der Waals surface area contributed by atoms with Crippen LogP contribution in [0.2, 0.25) is 0 Å². The van der Waals surface area contributed by atoms with Gasteiger partial charge in [-0.05, 0) is 45.6 Å².